The molecule has 1 atom stereocenters. The molecule has 3 aromatic rings. The van der Waals surface area contributed by atoms with Crippen molar-refractivity contribution in [1.29, 1.82) is 0 Å². The Balaban J connectivity index is 1.60. The molecule has 0 spiro atoms. The number of aromatic nitrogens is 3. The maximum absolute atomic E-state index is 11.8. The molecule has 1 saturated carbocycles. The van der Waals surface area contributed by atoms with E-state index in [2.05, 4.69) is 15.4 Å². The van der Waals surface area contributed by atoms with Crippen LogP contribution < -0.4 is 5.73 Å². The smallest absolute Gasteiger partial charge is 0.271 e. The van der Waals surface area contributed by atoms with E-state index in [9.17, 15) is 9.90 Å². The van der Waals surface area contributed by atoms with Gasteiger partial charge in [-0.2, -0.15) is 0 Å². The lowest BCUT2D eigenvalue weighted by molar-refractivity contribution is 0.0989. The predicted octanol–water partition coefficient (Wildman–Crippen LogP) is 3.01. The van der Waals surface area contributed by atoms with Crippen LogP contribution in [0.25, 0.3) is 11.3 Å². The summed E-state index contributed by atoms with van der Waals surface area (Å²) in [5.74, 6) is 0.401. The molecule has 7 nitrogen and oxygen atoms in total. The van der Waals surface area contributed by atoms with Crippen LogP contribution in [0.5, 0.6) is 0 Å². The van der Waals surface area contributed by atoms with Crippen LogP contribution in [0.4, 0.5) is 0 Å². The zero-order valence-corrected chi connectivity index (χ0v) is 14.9. The highest BCUT2D eigenvalue weighted by molar-refractivity contribution is 7.11. The number of amides is 1. The molecule has 3 N–H and O–H groups in total. The highest BCUT2D eigenvalue weighted by Crippen LogP contribution is 2.51. The van der Waals surface area contributed by atoms with Crippen LogP contribution in [-0.2, 0) is 0 Å². The zero-order valence-electron chi connectivity index (χ0n) is 14.1. The summed E-state index contributed by atoms with van der Waals surface area (Å²) < 4.78 is 5.47. The fourth-order valence-corrected chi connectivity index (χ4v) is 4.19. The third kappa shape index (κ3) is 2.91. The summed E-state index contributed by atoms with van der Waals surface area (Å²) in [6.07, 6.45) is 1.02. The van der Waals surface area contributed by atoms with Gasteiger partial charge in [0.2, 0.25) is 0 Å². The Morgan fingerprint density at radius 2 is 2.00 bits per heavy atom. The van der Waals surface area contributed by atoms with Crippen LogP contribution >= 0.6 is 11.3 Å². The number of rotatable bonds is 5. The first-order valence-electron chi connectivity index (χ1n) is 8.40. The second-order valence-electron chi connectivity index (χ2n) is 6.52. The summed E-state index contributed by atoms with van der Waals surface area (Å²) in [4.78, 5) is 11.8. The number of nitrogens with zero attached hydrogens (tertiary/aromatic N) is 3. The van der Waals surface area contributed by atoms with Crippen LogP contribution in [0.15, 0.2) is 34.9 Å². The average Bonchev–Trinajstić information content (AvgIpc) is 3.22. The Kier molecular flexibility index (Phi) is 4.29. The number of carbonyl (C=O) groups excluding carboxylic acids is 1. The molecule has 4 rings (SSSR count). The second kappa shape index (κ2) is 6.62. The van der Waals surface area contributed by atoms with E-state index in [1.165, 1.54) is 11.3 Å². The predicted molar refractivity (Wildman–Crippen MR) is 95.7 cm³/mol. The fraction of sp³-hybridized carbons (Fsp3) is 0.333. The maximum atomic E-state index is 11.8. The van der Waals surface area contributed by atoms with Gasteiger partial charge in [0.05, 0.1) is 0 Å². The maximum Gasteiger partial charge on any atom is 0.271 e. The average molecular weight is 370 g/mol. The molecule has 1 fully saturated rings. The lowest BCUT2D eigenvalue weighted by Crippen LogP contribution is -2.23. The first-order chi connectivity index (χ1) is 12.5. The first-order valence-corrected chi connectivity index (χ1v) is 9.22. The Hall–Kier alpha value is -2.58. The number of hydrogen-bond acceptors (Lipinski definition) is 7. The van der Waals surface area contributed by atoms with Crippen LogP contribution in [-0.4, -0.2) is 26.4 Å². The van der Waals surface area contributed by atoms with Gasteiger partial charge in [-0.05, 0) is 25.7 Å². The fourth-order valence-electron chi connectivity index (χ4n) is 3.29. The van der Waals surface area contributed by atoms with Crippen molar-refractivity contribution in [1.82, 2.24) is 15.4 Å². The number of carbonyl (C=O) groups is 1. The van der Waals surface area contributed by atoms with Gasteiger partial charge in [-0.1, -0.05) is 46.8 Å². The molecule has 0 saturated heterocycles. The highest BCUT2D eigenvalue weighted by Gasteiger charge is 2.39. The summed E-state index contributed by atoms with van der Waals surface area (Å²) >= 11 is 1.43. The van der Waals surface area contributed by atoms with Crippen molar-refractivity contribution in [3.05, 3.63) is 51.6 Å². The van der Waals surface area contributed by atoms with Gasteiger partial charge in [0.1, 0.15) is 16.1 Å². The van der Waals surface area contributed by atoms with Crippen molar-refractivity contribution in [2.24, 2.45) is 5.73 Å². The van der Waals surface area contributed by atoms with Crippen molar-refractivity contribution in [3.63, 3.8) is 0 Å². The standard InChI is InChI=1S/C18H18N4O3S/c1-9(23)17-20-21-18(26-17)12-7-11(8-12)13-14(16(19)24)22-25-15(13)10-5-3-2-4-6-10/h2-6,9,11-12,23H,7-8H2,1H3,(H2,19,24). The summed E-state index contributed by atoms with van der Waals surface area (Å²) in [5, 5.41) is 23.3. The number of hydrogen-bond donors (Lipinski definition) is 2. The number of aliphatic hydroxyl groups excluding tert-OH is 1. The van der Waals surface area contributed by atoms with Crippen molar-refractivity contribution < 1.29 is 14.4 Å². The van der Waals surface area contributed by atoms with E-state index in [1.54, 1.807) is 6.92 Å². The largest absolute Gasteiger partial charge is 0.386 e. The highest BCUT2D eigenvalue weighted by atomic mass is 32.1. The first kappa shape index (κ1) is 16.9. The number of aliphatic hydroxyl groups is 1. The third-order valence-electron chi connectivity index (χ3n) is 4.71. The molecule has 2 aromatic heterocycles. The number of benzene rings is 1. The Morgan fingerprint density at radius 3 is 2.62 bits per heavy atom. The zero-order chi connectivity index (χ0) is 18.3. The third-order valence-corrected chi connectivity index (χ3v) is 5.96. The van der Waals surface area contributed by atoms with Gasteiger partial charge in [-0.25, -0.2) is 0 Å². The van der Waals surface area contributed by atoms with Gasteiger partial charge in [-0.15, -0.1) is 10.2 Å². The molecule has 1 amide bonds. The van der Waals surface area contributed by atoms with E-state index in [-0.39, 0.29) is 17.5 Å². The lowest BCUT2D eigenvalue weighted by Gasteiger charge is -2.33. The number of nitrogens with two attached hydrogens (primary N) is 1. The SMILES string of the molecule is CC(O)c1nnc(C2CC(c3c(C(N)=O)noc3-c3ccccc3)C2)s1. The van der Waals surface area contributed by atoms with Crippen LogP contribution in [0.2, 0.25) is 0 Å². The summed E-state index contributed by atoms with van der Waals surface area (Å²) in [6.45, 7) is 1.68. The van der Waals surface area contributed by atoms with E-state index in [0.717, 1.165) is 29.0 Å². The van der Waals surface area contributed by atoms with Crippen molar-refractivity contribution in [2.45, 2.75) is 37.7 Å². The Labute approximate surface area is 153 Å². The van der Waals surface area contributed by atoms with Gasteiger partial charge in [0, 0.05) is 17.0 Å². The second-order valence-corrected chi connectivity index (χ2v) is 7.56. The molecular formula is C18H18N4O3S. The quantitative estimate of drug-likeness (QED) is 0.713. The van der Waals surface area contributed by atoms with E-state index >= 15 is 0 Å². The summed E-state index contributed by atoms with van der Waals surface area (Å²) in [6, 6.07) is 9.58. The monoisotopic (exact) mass is 370 g/mol. The molecule has 1 unspecified atom stereocenters. The summed E-state index contributed by atoms with van der Waals surface area (Å²) in [5.41, 5.74) is 7.35. The molecule has 8 heteroatoms. The summed E-state index contributed by atoms with van der Waals surface area (Å²) in [7, 11) is 0. The van der Waals surface area contributed by atoms with Gasteiger partial charge >= 0.3 is 0 Å². The molecular weight excluding hydrogens is 352 g/mol. The van der Waals surface area contributed by atoms with Gasteiger partial charge < -0.3 is 15.4 Å². The van der Waals surface area contributed by atoms with Crippen molar-refractivity contribution in [2.75, 3.05) is 0 Å². The minimum absolute atomic E-state index is 0.128. The van der Waals surface area contributed by atoms with E-state index in [1.807, 2.05) is 30.3 Å². The number of primary amides is 1. The van der Waals surface area contributed by atoms with E-state index in [0.29, 0.717) is 10.8 Å². The lowest BCUT2D eigenvalue weighted by atomic mass is 9.70. The molecule has 0 aliphatic heterocycles. The normalized spacial score (nSPS) is 20.5. The minimum Gasteiger partial charge on any atom is -0.386 e. The van der Waals surface area contributed by atoms with Crippen LogP contribution in [0.1, 0.15) is 63.8 Å². The van der Waals surface area contributed by atoms with Crippen LogP contribution in [0, 0.1) is 0 Å². The molecule has 1 aromatic carbocycles. The van der Waals surface area contributed by atoms with Crippen molar-refractivity contribution >= 4 is 17.2 Å². The molecule has 26 heavy (non-hydrogen) atoms. The molecule has 134 valence electrons. The Morgan fingerprint density at radius 1 is 1.27 bits per heavy atom. The molecule has 2 heterocycles. The van der Waals surface area contributed by atoms with Gasteiger partial charge in [-0.3, -0.25) is 4.79 Å². The molecule has 1 aliphatic rings. The van der Waals surface area contributed by atoms with Crippen LogP contribution in [0.3, 0.4) is 0 Å². The van der Waals surface area contributed by atoms with Crippen molar-refractivity contribution in [3.8, 4) is 11.3 Å². The minimum atomic E-state index is -0.610. The topological polar surface area (TPSA) is 115 Å². The van der Waals surface area contributed by atoms with Gasteiger partial charge in [0.25, 0.3) is 5.91 Å². The van der Waals surface area contributed by atoms with Gasteiger partial charge in [0.15, 0.2) is 11.5 Å². The molecule has 0 radical (unpaired) electrons. The van der Waals surface area contributed by atoms with E-state index in [4.69, 9.17) is 10.3 Å². The van der Waals surface area contributed by atoms with E-state index < -0.39 is 12.0 Å². The molecule has 0 bridgehead atoms. The molecule has 1 aliphatic carbocycles. The Bertz CT molecular complexity index is 929.